The van der Waals surface area contributed by atoms with E-state index in [9.17, 15) is 14.7 Å². The van der Waals surface area contributed by atoms with Crippen LogP contribution in [0.2, 0.25) is 0 Å². The summed E-state index contributed by atoms with van der Waals surface area (Å²) in [5, 5.41) is 12.0. The SMILES string of the molecule is CC(C)CC(=O)NC(=O)C[C@H](O)[C@@H](N)CC(C)C. The van der Waals surface area contributed by atoms with Crippen LogP contribution in [0.1, 0.15) is 47.0 Å². The lowest BCUT2D eigenvalue weighted by Crippen LogP contribution is -2.41. The third kappa shape index (κ3) is 8.20. The van der Waals surface area contributed by atoms with Gasteiger partial charge in [-0.15, -0.1) is 0 Å². The first-order valence-electron chi connectivity index (χ1n) is 6.48. The quantitative estimate of drug-likeness (QED) is 0.629. The van der Waals surface area contributed by atoms with Crippen LogP contribution in [0.4, 0.5) is 0 Å². The Bertz CT molecular complexity index is 277. The number of aliphatic hydroxyl groups is 1. The van der Waals surface area contributed by atoms with Crippen LogP contribution in [-0.4, -0.2) is 29.1 Å². The average Bonchev–Trinajstić information content (AvgIpc) is 2.13. The number of amides is 2. The van der Waals surface area contributed by atoms with Gasteiger partial charge in [-0.1, -0.05) is 27.7 Å². The number of hydrogen-bond donors (Lipinski definition) is 3. The number of hydrogen-bond acceptors (Lipinski definition) is 4. The molecule has 0 heterocycles. The standard InChI is InChI=1S/C13H26N2O3/c1-8(2)5-10(14)11(16)7-13(18)15-12(17)6-9(3)4/h8-11,16H,5-7,14H2,1-4H3,(H,15,17,18)/t10-,11-/m0/s1. The van der Waals surface area contributed by atoms with Crippen molar-refractivity contribution in [2.24, 2.45) is 17.6 Å². The third-order valence-corrected chi connectivity index (χ3v) is 2.50. The van der Waals surface area contributed by atoms with Crippen molar-refractivity contribution in [1.29, 1.82) is 0 Å². The predicted octanol–water partition coefficient (Wildman–Crippen LogP) is 0.800. The van der Waals surface area contributed by atoms with Gasteiger partial charge in [0.05, 0.1) is 12.5 Å². The van der Waals surface area contributed by atoms with E-state index in [0.717, 1.165) is 0 Å². The monoisotopic (exact) mass is 258 g/mol. The molecule has 2 atom stereocenters. The maximum Gasteiger partial charge on any atom is 0.229 e. The van der Waals surface area contributed by atoms with E-state index >= 15 is 0 Å². The molecule has 5 nitrogen and oxygen atoms in total. The normalized spacial score (nSPS) is 14.7. The van der Waals surface area contributed by atoms with Crippen molar-refractivity contribution < 1.29 is 14.7 Å². The second-order valence-corrected chi connectivity index (χ2v) is 5.63. The van der Waals surface area contributed by atoms with E-state index in [1.54, 1.807) is 0 Å². The van der Waals surface area contributed by atoms with Gasteiger partial charge in [0.25, 0.3) is 0 Å². The molecule has 2 amide bonds. The third-order valence-electron chi connectivity index (χ3n) is 2.50. The van der Waals surface area contributed by atoms with Gasteiger partial charge in [0, 0.05) is 12.5 Å². The lowest BCUT2D eigenvalue weighted by atomic mass is 9.98. The zero-order valence-electron chi connectivity index (χ0n) is 11.8. The molecule has 5 heteroatoms. The summed E-state index contributed by atoms with van der Waals surface area (Å²) in [6.07, 6.45) is -0.0781. The van der Waals surface area contributed by atoms with Crippen LogP contribution in [0.5, 0.6) is 0 Å². The molecule has 18 heavy (non-hydrogen) atoms. The Morgan fingerprint density at radius 1 is 1.06 bits per heavy atom. The minimum absolute atomic E-state index is 0.127. The molecule has 0 rings (SSSR count). The molecule has 0 bridgehead atoms. The van der Waals surface area contributed by atoms with Crippen molar-refractivity contribution in [2.45, 2.75) is 59.1 Å². The van der Waals surface area contributed by atoms with E-state index in [4.69, 9.17) is 5.73 Å². The number of imide groups is 1. The minimum Gasteiger partial charge on any atom is -0.391 e. The molecule has 0 saturated carbocycles. The maximum absolute atomic E-state index is 11.5. The molecule has 0 aliphatic rings. The lowest BCUT2D eigenvalue weighted by molar-refractivity contribution is -0.132. The molecular weight excluding hydrogens is 232 g/mol. The molecule has 0 aromatic rings. The summed E-state index contributed by atoms with van der Waals surface area (Å²) in [6.45, 7) is 7.80. The van der Waals surface area contributed by atoms with Gasteiger partial charge in [-0.05, 0) is 18.3 Å². The number of nitrogens with one attached hydrogen (secondary N) is 1. The molecule has 4 N–H and O–H groups in total. The molecular formula is C13H26N2O3. The molecule has 0 unspecified atom stereocenters. The summed E-state index contributed by atoms with van der Waals surface area (Å²) in [6, 6.07) is -0.434. The van der Waals surface area contributed by atoms with E-state index < -0.39 is 18.1 Å². The van der Waals surface area contributed by atoms with Crippen molar-refractivity contribution in [2.75, 3.05) is 0 Å². The molecule has 106 valence electrons. The maximum atomic E-state index is 11.5. The highest BCUT2D eigenvalue weighted by atomic mass is 16.3. The fraction of sp³-hybridized carbons (Fsp3) is 0.846. The summed E-state index contributed by atoms with van der Waals surface area (Å²) >= 11 is 0. The van der Waals surface area contributed by atoms with E-state index in [-0.39, 0.29) is 18.2 Å². The first-order chi connectivity index (χ1) is 8.22. The van der Waals surface area contributed by atoms with Gasteiger partial charge < -0.3 is 10.8 Å². The second kappa shape index (κ2) is 8.21. The average molecular weight is 258 g/mol. The zero-order valence-corrected chi connectivity index (χ0v) is 11.8. The summed E-state index contributed by atoms with van der Waals surface area (Å²) in [5.74, 6) is -0.210. The van der Waals surface area contributed by atoms with Gasteiger partial charge in [-0.25, -0.2) is 0 Å². The summed E-state index contributed by atoms with van der Waals surface area (Å²) in [5.41, 5.74) is 5.76. The molecule has 0 aromatic heterocycles. The van der Waals surface area contributed by atoms with Crippen LogP contribution in [0.3, 0.4) is 0 Å². The van der Waals surface area contributed by atoms with Gasteiger partial charge in [-0.2, -0.15) is 0 Å². The van der Waals surface area contributed by atoms with Crippen molar-refractivity contribution >= 4 is 11.8 Å². The number of carbonyl (C=O) groups excluding carboxylic acids is 2. The van der Waals surface area contributed by atoms with Crippen LogP contribution in [0.25, 0.3) is 0 Å². The van der Waals surface area contributed by atoms with Crippen LogP contribution < -0.4 is 11.1 Å². The second-order valence-electron chi connectivity index (χ2n) is 5.63. The van der Waals surface area contributed by atoms with Crippen LogP contribution in [-0.2, 0) is 9.59 Å². The van der Waals surface area contributed by atoms with Crippen molar-refractivity contribution in [3.63, 3.8) is 0 Å². The van der Waals surface area contributed by atoms with E-state index in [0.29, 0.717) is 18.8 Å². The Labute approximate surface area is 109 Å². The van der Waals surface area contributed by atoms with Crippen LogP contribution >= 0.6 is 0 Å². The Hall–Kier alpha value is -0.940. The Kier molecular flexibility index (Phi) is 7.78. The number of rotatable bonds is 7. The van der Waals surface area contributed by atoms with Gasteiger partial charge >= 0.3 is 0 Å². The summed E-state index contributed by atoms with van der Waals surface area (Å²) < 4.78 is 0. The fourth-order valence-corrected chi connectivity index (χ4v) is 1.67. The molecule has 0 saturated heterocycles. The Balaban J connectivity index is 4.04. The lowest BCUT2D eigenvalue weighted by Gasteiger charge is -2.20. The highest BCUT2D eigenvalue weighted by Crippen LogP contribution is 2.08. The smallest absolute Gasteiger partial charge is 0.229 e. The topological polar surface area (TPSA) is 92.4 Å². The van der Waals surface area contributed by atoms with Gasteiger partial charge in [0.1, 0.15) is 0 Å². The first kappa shape index (κ1) is 17.1. The summed E-state index contributed by atoms with van der Waals surface area (Å²) in [4.78, 5) is 22.8. The summed E-state index contributed by atoms with van der Waals surface area (Å²) in [7, 11) is 0. The molecule has 0 aliphatic heterocycles. The number of aliphatic hydroxyl groups excluding tert-OH is 1. The van der Waals surface area contributed by atoms with E-state index in [1.807, 2.05) is 27.7 Å². The predicted molar refractivity (Wildman–Crippen MR) is 70.7 cm³/mol. The van der Waals surface area contributed by atoms with Crippen molar-refractivity contribution in [1.82, 2.24) is 5.32 Å². The largest absolute Gasteiger partial charge is 0.391 e. The molecule has 0 aromatic carbocycles. The zero-order chi connectivity index (χ0) is 14.3. The Morgan fingerprint density at radius 3 is 2.00 bits per heavy atom. The van der Waals surface area contributed by atoms with Gasteiger partial charge in [0.2, 0.25) is 11.8 Å². The van der Waals surface area contributed by atoms with Gasteiger partial charge in [-0.3, -0.25) is 14.9 Å². The molecule has 0 fully saturated rings. The van der Waals surface area contributed by atoms with Crippen LogP contribution in [0, 0.1) is 11.8 Å². The fourth-order valence-electron chi connectivity index (χ4n) is 1.67. The molecule has 0 radical (unpaired) electrons. The highest BCUT2D eigenvalue weighted by Gasteiger charge is 2.20. The number of nitrogens with two attached hydrogens (primary N) is 1. The Morgan fingerprint density at radius 2 is 1.56 bits per heavy atom. The number of carbonyl (C=O) groups is 2. The molecule has 0 aliphatic carbocycles. The van der Waals surface area contributed by atoms with Crippen molar-refractivity contribution in [3.05, 3.63) is 0 Å². The highest BCUT2D eigenvalue weighted by molar-refractivity contribution is 5.95. The van der Waals surface area contributed by atoms with Gasteiger partial charge in [0.15, 0.2) is 0 Å². The molecule has 0 spiro atoms. The first-order valence-corrected chi connectivity index (χ1v) is 6.48. The van der Waals surface area contributed by atoms with E-state index in [2.05, 4.69) is 5.32 Å². The van der Waals surface area contributed by atoms with Crippen molar-refractivity contribution in [3.8, 4) is 0 Å². The minimum atomic E-state index is -0.903. The van der Waals surface area contributed by atoms with E-state index in [1.165, 1.54) is 0 Å². The van der Waals surface area contributed by atoms with Crippen LogP contribution in [0.15, 0.2) is 0 Å².